The fourth-order valence-corrected chi connectivity index (χ4v) is 3.48. The Morgan fingerprint density at radius 1 is 1.65 bits per heavy atom. The predicted octanol–water partition coefficient (Wildman–Crippen LogP) is 3.03. The Hall–Kier alpha value is -1.41. The average Bonchev–Trinajstić information content (AvgIpc) is 2.47. The molecular formula is C15H18BrN3O. The highest BCUT2D eigenvalue weighted by Gasteiger charge is 2.35. The third kappa shape index (κ3) is 3.37. The van der Waals surface area contributed by atoms with Gasteiger partial charge in [-0.05, 0) is 30.9 Å². The zero-order valence-electron chi connectivity index (χ0n) is 11.5. The Labute approximate surface area is 127 Å². The van der Waals surface area contributed by atoms with Crippen molar-refractivity contribution in [3.8, 4) is 6.07 Å². The lowest BCUT2D eigenvalue weighted by Gasteiger charge is -2.39. The summed E-state index contributed by atoms with van der Waals surface area (Å²) in [5, 5.41) is 12.6. The maximum Gasteiger partial charge on any atom is 0.270 e. The molecular weight excluding hydrogens is 318 g/mol. The van der Waals surface area contributed by atoms with E-state index in [1.54, 1.807) is 12.1 Å². The van der Waals surface area contributed by atoms with Gasteiger partial charge in [0.2, 0.25) is 0 Å². The van der Waals surface area contributed by atoms with E-state index < -0.39 is 0 Å². The summed E-state index contributed by atoms with van der Waals surface area (Å²) in [6.07, 6.45) is 5.76. The molecule has 5 heteroatoms. The molecule has 1 N–H and O–H groups in total. The van der Waals surface area contributed by atoms with Crippen molar-refractivity contribution in [1.29, 1.82) is 5.26 Å². The van der Waals surface area contributed by atoms with Crippen LogP contribution in [0.4, 0.5) is 0 Å². The number of pyridine rings is 1. The van der Waals surface area contributed by atoms with Gasteiger partial charge in [0.1, 0.15) is 11.8 Å². The van der Waals surface area contributed by atoms with Gasteiger partial charge in [0.05, 0.1) is 11.1 Å². The van der Waals surface area contributed by atoms with Gasteiger partial charge in [0.15, 0.2) is 0 Å². The second-order valence-corrected chi connectivity index (χ2v) is 6.17. The number of amides is 1. The molecule has 1 aromatic rings. The van der Waals surface area contributed by atoms with Gasteiger partial charge >= 0.3 is 0 Å². The molecule has 2 rings (SSSR count). The molecule has 0 aliphatic heterocycles. The van der Waals surface area contributed by atoms with Crippen LogP contribution in [-0.4, -0.2) is 21.8 Å². The van der Waals surface area contributed by atoms with Crippen molar-refractivity contribution in [2.75, 3.05) is 5.33 Å². The van der Waals surface area contributed by atoms with Gasteiger partial charge in [-0.2, -0.15) is 5.26 Å². The van der Waals surface area contributed by atoms with Crippen LogP contribution in [0.25, 0.3) is 0 Å². The van der Waals surface area contributed by atoms with Crippen LogP contribution in [0.5, 0.6) is 0 Å². The molecule has 2 atom stereocenters. The fourth-order valence-electron chi connectivity index (χ4n) is 2.83. The van der Waals surface area contributed by atoms with Gasteiger partial charge in [-0.1, -0.05) is 35.7 Å². The second-order valence-electron chi connectivity index (χ2n) is 5.61. The van der Waals surface area contributed by atoms with E-state index in [1.807, 2.05) is 6.07 Å². The number of hydrogen-bond acceptors (Lipinski definition) is 3. The van der Waals surface area contributed by atoms with Crippen LogP contribution >= 0.6 is 15.9 Å². The smallest absolute Gasteiger partial charge is 0.270 e. The molecule has 1 heterocycles. The second kappa shape index (κ2) is 6.36. The van der Waals surface area contributed by atoms with E-state index in [2.05, 4.69) is 33.2 Å². The number of rotatable bonds is 3. The number of aromatic nitrogens is 1. The number of halogens is 1. The van der Waals surface area contributed by atoms with Crippen molar-refractivity contribution in [3.05, 3.63) is 29.6 Å². The van der Waals surface area contributed by atoms with E-state index in [4.69, 9.17) is 5.26 Å². The zero-order valence-corrected chi connectivity index (χ0v) is 13.1. The number of alkyl halides is 1. The molecule has 20 heavy (non-hydrogen) atoms. The Kier molecular flexibility index (Phi) is 4.77. The summed E-state index contributed by atoms with van der Waals surface area (Å²) in [5.41, 5.74) is 0.648. The number of carbonyl (C=O) groups excluding carboxylic acids is 1. The maximum absolute atomic E-state index is 12.3. The highest BCUT2D eigenvalue weighted by Crippen LogP contribution is 2.33. The summed E-state index contributed by atoms with van der Waals surface area (Å²) >= 11 is 3.54. The number of hydrogen-bond donors (Lipinski definition) is 1. The molecule has 4 nitrogen and oxygen atoms in total. The van der Waals surface area contributed by atoms with E-state index in [1.165, 1.54) is 12.6 Å². The molecule has 1 aromatic heterocycles. The van der Waals surface area contributed by atoms with Crippen LogP contribution in [0.2, 0.25) is 0 Å². The van der Waals surface area contributed by atoms with Crippen LogP contribution in [0, 0.1) is 17.2 Å². The Morgan fingerprint density at radius 3 is 3.00 bits per heavy atom. The molecule has 2 unspecified atom stereocenters. The highest BCUT2D eigenvalue weighted by atomic mass is 79.9. The zero-order chi connectivity index (χ0) is 14.6. The predicted molar refractivity (Wildman–Crippen MR) is 80.6 cm³/mol. The molecule has 0 aromatic carbocycles. The molecule has 0 radical (unpaired) electrons. The summed E-state index contributed by atoms with van der Waals surface area (Å²) in [7, 11) is 0. The maximum atomic E-state index is 12.3. The first kappa shape index (κ1) is 15.0. The molecule has 1 amide bonds. The van der Waals surface area contributed by atoms with Crippen LogP contribution < -0.4 is 5.32 Å². The fraction of sp³-hybridized carbons (Fsp3) is 0.533. The summed E-state index contributed by atoms with van der Waals surface area (Å²) in [6.45, 7) is 2.22. The van der Waals surface area contributed by atoms with E-state index in [-0.39, 0.29) is 11.4 Å². The van der Waals surface area contributed by atoms with Gasteiger partial charge in [0.25, 0.3) is 5.91 Å². The lowest BCUT2D eigenvalue weighted by molar-refractivity contribution is 0.0864. The number of nitrogens with one attached hydrogen (secondary N) is 1. The minimum Gasteiger partial charge on any atom is -0.344 e. The summed E-state index contributed by atoms with van der Waals surface area (Å²) in [5.74, 6) is 0.457. The van der Waals surface area contributed by atoms with Gasteiger partial charge in [-0.15, -0.1) is 0 Å². The first-order chi connectivity index (χ1) is 9.58. The monoisotopic (exact) mass is 335 g/mol. The van der Waals surface area contributed by atoms with Gasteiger partial charge in [-0.3, -0.25) is 4.79 Å². The molecule has 106 valence electrons. The van der Waals surface area contributed by atoms with Crippen LogP contribution in [-0.2, 0) is 0 Å². The number of nitrogens with zero attached hydrogens (tertiary/aromatic N) is 2. The summed E-state index contributed by atoms with van der Waals surface area (Å²) in [4.78, 5) is 16.4. The third-order valence-electron chi connectivity index (χ3n) is 3.85. The molecule has 1 aliphatic rings. The first-order valence-corrected chi connectivity index (χ1v) is 7.95. The standard InChI is InChI=1S/C15H18BrN3O/c1-11-3-2-6-15(7-11,10-16)19-14(20)13-5-4-12(8-17)9-18-13/h4-5,9,11H,2-3,6-7,10H2,1H3,(H,19,20). The molecule has 0 spiro atoms. The summed E-state index contributed by atoms with van der Waals surface area (Å²) in [6, 6.07) is 5.21. The first-order valence-electron chi connectivity index (χ1n) is 6.83. The van der Waals surface area contributed by atoms with Crippen LogP contribution in [0.1, 0.15) is 48.7 Å². The Bertz CT molecular complexity index is 523. The van der Waals surface area contributed by atoms with Crippen molar-refractivity contribution in [1.82, 2.24) is 10.3 Å². The van der Waals surface area contributed by atoms with Crippen LogP contribution in [0.15, 0.2) is 18.3 Å². The van der Waals surface area contributed by atoms with Crippen molar-refractivity contribution >= 4 is 21.8 Å². The Balaban J connectivity index is 2.10. The van der Waals surface area contributed by atoms with Crippen molar-refractivity contribution in [2.24, 2.45) is 5.92 Å². The molecule has 0 bridgehead atoms. The minimum atomic E-state index is -0.176. The van der Waals surface area contributed by atoms with E-state index in [0.29, 0.717) is 17.2 Å². The van der Waals surface area contributed by atoms with Gasteiger partial charge < -0.3 is 5.32 Å². The molecule has 1 fully saturated rings. The largest absolute Gasteiger partial charge is 0.344 e. The Morgan fingerprint density at radius 2 is 2.45 bits per heavy atom. The van der Waals surface area contributed by atoms with Crippen molar-refractivity contribution in [2.45, 2.75) is 38.1 Å². The lowest BCUT2D eigenvalue weighted by Crippen LogP contribution is -2.52. The quantitative estimate of drug-likeness (QED) is 0.863. The summed E-state index contributed by atoms with van der Waals surface area (Å²) < 4.78 is 0. The van der Waals surface area contributed by atoms with Crippen LogP contribution in [0.3, 0.4) is 0 Å². The average molecular weight is 336 g/mol. The third-order valence-corrected chi connectivity index (χ3v) is 4.92. The number of carbonyl (C=O) groups is 1. The van der Waals surface area contributed by atoms with Crippen molar-refractivity contribution in [3.63, 3.8) is 0 Å². The van der Waals surface area contributed by atoms with Gasteiger partial charge in [0, 0.05) is 11.5 Å². The van der Waals surface area contributed by atoms with E-state index in [9.17, 15) is 4.79 Å². The topological polar surface area (TPSA) is 65.8 Å². The minimum absolute atomic E-state index is 0.164. The number of nitriles is 1. The molecule has 1 saturated carbocycles. The lowest BCUT2D eigenvalue weighted by atomic mass is 9.77. The normalized spacial score (nSPS) is 25.8. The van der Waals surface area contributed by atoms with E-state index in [0.717, 1.165) is 24.6 Å². The molecule has 0 saturated heterocycles. The van der Waals surface area contributed by atoms with E-state index >= 15 is 0 Å². The molecule has 1 aliphatic carbocycles. The SMILES string of the molecule is CC1CCCC(CBr)(NC(=O)c2ccc(C#N)cn2)C1. The van der Waals surface area contributed by atoms with Gasteiger partial charge in [-0.25, -0.2) is 4.98 Å². The van der Waals surface area contributed by atoms with Crippen molar-refractivity contribution < 1.29 is 4.79 Å². The highest BCUT2D eigenvalue weighted by molar-refractivity contribution is 9.09.